The summed E-state index contributed by atoms with van der Waals surface area (Å²) in [5.41, 5.74) is 8.01. The minimum atomic E-state index is -0.150. The molecule has 0 unspecified atom stereocenters. The quantitative estimate of drug-likeness (QED) is 0.267. The third-order valence-corrected chi connectivity index (χ3v) is 6.73. The average molecular weight is 510 g/mol. The number of nitrogens with one attached hydrogen (secondary N) is 1. The van der Waals surface area contributed by atoms with Crippen LogP contribution in [0.15, 0.2) is 113 Å². The second-order valence-electron chi connectivity index (χ2n) is 10.4. The first kappa shape index (κ1) is 28.5. The monoisotopic (exact) mass is 509 g/mol. The molecule has 0 aromatic heterocycles. The maximum absolute atomic E-state index is 12.2. The van der Waals surface area contributed by atoms with E-state index in [9.17, 15) is 9.90 Å². The number of amides is 1. The molecule has 4 nitrogen and oxygen atoms in total. The maximum Gasteiger partial charge on any atom is 0.244 e. The molecule has 2 aromatic rings. The molecule has 0 aliphatic heterocycles. The van der Waals surface area contributed by atoms with Gasteiger partial charge in [-0.25, -0.2) is 0 Å². The number of hydrogen-bond donors (Lipinski definition) is 2. The van der Waals surface area contributed by atoms with Crippen molar-refractivity contribution in [1.29, 1.82) is 0 Å². The van der Waals surface area contributed by atoms with E-state index < -0.39 is 0 Å². The lowest BCUT2D eigenvalue weighted by molar-refractivity contribution is -0.116. The Balaban J connectivity index is 1.66. The SMILES string of the molecule is COc1cccc(C2=CCC(C)(C)C(/C=C/C(C)=C/C=C/C(C)=C\C(=O)NCc3ccc(O)cc3)=C2C)c1. The Kier molecular flexibility index (Phi) is 9.72. The number of benzene rings is 2. The van der Waals surface area contributed by atoms with Gasteiger partial charge in [0, 0.05) is 12.6 Å². The van der Waals surface area contributed by atoms with E-state index in [1.54, 1.807) is 37.5 Å². The molecule has 1 amide bonds. The molecule has 38 heavy (non-hydrogen) atoms. The van der Waals surface area contributed by atoms with E-state index >= 15 is 0 Å². The van der Waals surface area contributed by atoms with E-state index in [1.165, 1.54) is 22.3 Å². The second-order valence-corrected chi connectivity index (χ2v) is 10.4. The van der Waals surface area contributed by atoms with Crippen LogP contribution in [0.4, 0.5) is 0 Å². The van der Waals surface area contributed by atoms with E-state index in [0.717, 1.165) is 28.9 Å². The van der Waals surface area contributed by atoms with E-state index in [0.29, 0.717) is 6.54 Å². The molecule has 2 aromatic carbocycles. The van der Waals surface area contributed by atoms with Gasteiger partial charge in [0.25, 0.3) is 0 Å². The summed E-state index contributed by atoms with van der Waals surface area (Å²) in [5, 5.41) is 12.2. The molecular weight excluding hydrogens is 470 g/mol. The zero-order valence-corrected chi connectivity index (χ0v) is 23.3. The maximum atomic E-state index is 12.2. The fraction of sp³-hybridized carbons (Fsp3) is 0.265. The predicted octanol–water partition coefficient (Wildman–Crippen LogP) is 7.85. The lowest BCUT2D eigenvalue weighted by Gasteiger charge is -2.32. The topological polar surface area (TPSA) is 58.6 Å². The largest absolute Gasteiger partial charge is 0.508 e. The lowest BCUT2D eigenvalue weighted by atomic mass is 9.72. The summed E-state index contributed by atoms with van der Waals surface area (Å²) in [4.78, 5) is 12.2. The standard InChI is InChI=1S/C34H39NO3/c1-24(9-7-10-25(2)21-33(37)35-23-27-14-16-29(36)17-15-27)13-18-32-26(3)31(19-20-34(32,4)5)28-11-8-12-30(22-28)38-6/h7-19,21-22,36H,20,23H2,1-6H3,(H,35,37)/b10-7+,18-13+,24-9+,25-21-. The van der Waals surface area contributed by atoms with Crippen molar-refractivity contribution in [3.8, 4) is 11.5 Å². The average Bonchev–Trinajstić information content (AvgIpc) is 2.88. The number of carbonyl (C=O) groups excluding carboxylic acids is 1. The molecule has 0 atom stereocenters. The molecule has 0 heterocycles. The fourth-order valence-corrected chi connectivity index (χ4v) is 4.48. The molecule has 0 spiro atoms. The van der Waals surface area contributed by atoms with Crippen LogP contribution in [0.1, 0.15) is 52.2 Å². The van der Waals surface area contributed by atoms with Gasteiger partial charge in [0.05, 0.1) is 7.11 Å². The van der Waals surface area contributed by atoms with Gasteiger partial charge in [0.1, 0.15) is 11.5 Å². The van der Waals surface area contributed by atoms with Crippen LogP contribution in [0.2, 0.25) is 0 Å². The van der Waals surface area contributed by atoms with Crippen molar-refractivity contribution < 1.29 is 14.6 Å². The van der Waals surface area contributed by atoms with E-state index in [2.05, 4.69) is 63.4 Å². The highest BCUT2D eigenvalue weighted by molar-refractivity contribution is 5.88. The first-order valence-corrected chi connectivity index (χ1v) is 12.9. The summed E-state index contributed by atoms with van der Waals surface area (Å²) < 4.78 is 5.43. The highest BCUT2D eigenvalue weighted by atomic mass is 16.5. The summed E-state index contributed by atoms with van der Waals surface area (Å²) in [7, 11) is 1.70. The van der Waals surface area contributed by atoms with Crippen molar-refractivity contribution in [2.24, 2.45) is 5.41 Å². The number of phenols is 1. The molecular formula is C34H39NO3. The van der Waals surface area contributed by atoms with Crippen LogP contribution in [0.3, 0.4) is 0 Å². The van der Waals surface area contributed by atoms with E-state index in [-0.39, 0.29) is 17.1 Å². The van der Waals surface area contributed by atoms with Crippen molar-refractivity contribution in [2.45, 2.75) is 47.6 Å². The number of hydrogen-bond acceptors (Lipinski definition) is 3. The van der Waals surface area contributed by atoms with Crippen molar-refractivity contribution in [3.63, 3.8) is 0 Å². The van der Waals surface area contributed by atoms with Gasteiger partial charge in [-0.3, -0.25) is 4.79 Å². The van der Waals surface area contributed by atoms with Gasteiger partial charge in [-0.1, -0.05) is 80.1 Å². The van der Waals surface area contributed by atoms with Gasteiger partial charge in [-0.15, -0.1) is 0 Å². The van der Waals surface area contributed by atoms with Gasteiger partial charge in [0.15, 0.2) is 0 Å². The molecule has 0 saturated heterocycles. The van der Waals surface area contributed by atoms with Gasteiger partial charge >= 0.3 is 0 Å². The Morgan fingerprint density at radius 1 is 1.08 bits per heavy atom. The number of aromatic hydroxyl groups is 1. The van der Waals surface area contributed by atoms with Crippen LogP contribution in [-0.4, -0.2) is 18.1 Å². The van der Waals surface area contributed by atoms with Crippen molar-refractivity contribution in [2.75, 3.05) is 7.11 Å². The third kappa shape index (κ3) is 7.97. The van der Waals surface area contributed by atoms with Crippen LogP contribution in [0, 0.1) is 5.41 Å². The number of rotatable bonds is 9. The number of carbonyl (C=O) groups is 1. The van der Waals surface area contributed by atoms with Crippen LogP contribution >= 0.6 is 0 Å². The number of phenolic OH excluding ortho intramolecular Hbond substituents is 1. The molecule has 2 N–H and O–H groups in total. The molecule has 0 saturated carbocycles. The molecule has 4 heteroatoms. The zero-order valence-electron chi connectivity index (χ0n) is 23.3. The molecule has 3 rings (SSSR count). The second kappa shape index (κ2) is 13.0. The van der Waals surface area contributed by atoms with E-state index in [4.69, 9.17) is 4.74 Å². The highest BCUT2D eigenvalue weighted by Gasteiger charge is 2.27. The Hall–Kier alpha value is -4.05. The van der Waals surface area contributed by atoms with Crippen molar-refractivity contribution in [1.82, 2.24) is 5.32 Å². The smallest absolute Gasteiger partial charge is 0.244 e. The van der Waals surface area contributed by atoms with Gasteiger partial charge < -0.3 is 15.2 Å². The van der Waals surface area contributed by atoms with Gasteiger partial charge in [-0.05, 0) is 90.3 Å². The van der Waals surface area contributed by atoms with Gasteiger partial charge in [-0.2, -0.15) is 0 Å². The van der Waals surface area contributed by atoms with Crippen molar-refractivity contribution in [3.05, 3.63) is 124 Å². The minimum Gasteiger partial charge on any atom is -0.508 e. The molecule has 1 aliphatic carbocycles. The summed E-state index contributed by atoms with van der Waals surface area (Å²) in [6, 6.07) is 15.0. The molecule has 0 bridgehead atoms. The van der Waals surface area contributed by atoms with Crippen LogP contribution in [-0.2, 0) is 11.3 Å². The first-order valence-electron chi connectivity index (χ1n) is 12.9. The number of allylic oxidation sites excluding steroid dienone is 11. The Morgan fingerprint density at radius 3 is 2.53 bits per heavy atom. The number of ether oxygens (including phenoxy) is 1. The van der Waals surface area contributed by atoms with Crippen LogP contribution in [0.5, 0.6) is 11.5 Å². The van der Waals surface area contributed by atoms with Crippen LogP contribution < -0.4 is 10.1 Å². The third-order valence-electron chi connectivity index (χ3n) is 6.73. The predicted molar refractivity (Wildman–Crippen MR) is 158 cm³/mol. The molecule has 0 radical (unpaired) electrons. The van der Waals surface area contributed by atoms with Gasteiger partial charge in [0.2, 0.25) is 5.91 Å². The molecule has 0 fully saturated rings. The summed E-state index contributed by atoms with van der Waals surface area (Å²) in [5.74, 6) is 0.925. The van der Waals surface area contributed by atoms with Crippen molar-refractivity contribution >= 4 is 11.5 Å². The highest BCUT2D eigenvalue weighted by Crippen LogP contribution is 2.43. The number of methoxy groups -OCH3 is 1. The van der Waals surface area contributed by atoms with E-state index in [1.807, 2.05) is 37.3 Å². The zero-order chi connectivity index (χ0) is 27.7. The Morgan fingerprint density at radius 2 is 1.82 bits per heavy atom. The first-order chi connectivity index (χ1) is 18.1. The Labute approximate surface area is 227 Å². The summed E-state index contributed by atoms with van der Waals surface area (Å²) >= 11 is 0. The summed E-state index contributed by atoms with van der Waals surface area (Å²) in [6.07, 6.45) is 15.2. The lowest BCUT2D eigenvalue weighted by Crippen LogP contribution is -2.20. The summed E-state index contributed by atoms with van der Waals surface area (Å²) in [6.45, 7) is 11.2. The fourth-order valence-electron chi connectivity index (χ4n) is 4.48. The van der Waals surface area contributed by atoms with Crippen LogP contribution in [0.25, 0.3) is 5.57 Å². The molecule has 198 valence electrons. The Bertz CT molecular complexity index is 1330. The molecule has 1 aliphatic rings. The minimum absolute atomic E-state index is 0.0475. The normalized spacial score (nSPS) is 16.2.